The molecule has 2 aromatic rings. The molecular formula is C25H34O6S. The van der Waals surface area contributed by atoms with Crippen molar-refractivity contribution >= 4 is 16.4 Å². The van der Waals surface area contributed by atoms with Crippen molar-refractivity contribution in [2.24, 2.45) is 0 Å². The smallest absolute Gasteiger partial charge is 0.265 e. The third-order valence-corrected chi connectivity index (χ3v) is 6.36. The lowest BCUT2D eigenvalue weighted by Crippen LogP contribution is -2.14. The van der Waals surface area contributed by atoms with Crippen molar-refractivity contribution in [2.75, 3.05) is 19.5 Å². The molecule has 2 rings (SSSR count). The minimum atomic E-state index is -4.07. The summed E-state index contributed by atoms with van der Waals surface area (Å²) < 4.78 is 43.4. The van der Waals surface area contributed by atoms with Crippen molar-refractivity contribution in [3.05, 3.63) is 58.7 Å². The maximum Gasteiger partial charge on any atom is 0.265 e. The molecule has 176 valence electrons. The fourth-order valence-electron chi connectivity index (χ4n) is 3.72. The van der Waals surface area contributed by atoms with Crippen LogP contribution < -0.4 is 9.47 Å². The number of aldehydes is 1. The predicted octanol–water partition coefficient (Wildman–Crippen LogP) is 5.24. The maximum atomic E-state index is 11.4. The molecule has 32 heavy (non-hydrogen) atoms. The van der Waals surface area contributed by atoms with Crippen LogP contribution in [-0.2, 0) is 23.0 Å². The van der Waals surface area contributed by atoms with Crippen LogP contribution in [-0.4, -0.2) is 38.7 Å². The second kappa shape index (κ2) is 12.6. The Hall–Kier alpha value is -2.38. The van der Waals surface area contributed by atoms with Crippen LogP contribution in [0.15, 0.2) is 36.4 Å². The van der Waals surface area contributed by atoms with Crippen LogP contribution in [0.5, 0.6) is 11.5 Å². The third kappa shape index (κ3) is 7.95. The lowest BCUT2D eigenvalue weighted by Gasteiger charge is -2.18. The summed E-state index contributed by atoms with van der Waals surface area (Å²) in [6, 6.07) is 11.4. The quantitative estimate of drug-likeness (QED) is 0.234. The highest BCUT2D eigenvalue weighted by molar-refractivity contribution is 7.85. The van der Waals surface area contributed by atoms with Crippen LogP contribution in [0.3, 0.4) is 0 Å². The van der Waals surface area contributed by atoms with Gasteiger partial charge in [-0.3, -0.25) is 9.35 Å². The number of rotatable bonds is 14. The summed E-state index contributed by atoms with van der Waals surface area (Å²) in [4.78, 5) is 11.1. The van der Waals surface area contributed by atoms with E-state index in [0.29, 0.717) is 24.3 Å². The van der Waals surface area contributed by atoms with Gasteiger partial charge >= 0.3 is 0 Å². The Balaban J connectivity index is 2.09. The molecule has 0 aliphatic carbocycles. The van der Waals surface area contributed by atoms with Gasteiger partial charge in [-0.25, -0.2) is 0 Å². The average molecular weight is 463 g/mol. The lowest BCUT2D eigenvalue weighted by atomic mass is 9.94. The Labute approximate surface area is 191 Å². The molecule has 0 amide bonds. The Morgan fingerprint density at radius 3 is 2.44 bits per heavy atom. The van der Waals surface area contributed by atoms with E-state index in [1.54, 1.807) is 13.2 Å². The monoisotopic (exact) mass is 462 g/mol. The van der Waals surface area contributed by atoms with Gasteiger partial charge < -0.3 is 9.47 Å². The predicted molar refractivity (Wildman–Crippen MR) is 127 cm³/mol. The zero-order valence-electron chi connectivity index (χ0n) is 19.2. The summed E-state index contributed by atoms with van der Waals surface area (Å²) in [6.45, 7) is 4.63. The molecule has 0 spiro atoms. The second-order valence-electron chi connectivity index (χ2n) is 7.97. The summed E-state index contributed by atoms with van der Waals surface area (Å²) in [5.74, 6) is 0.758. The molecule has 0 aliphatic heterocycles. The highest BCUT2D eigenvalue weighted by Gasteiger charge is 2.21. The van der Waals surface area contributed by atoms with Crippen molar-refractivity contribution in [3.8, 4) is 11.5 Å². The van der Waals surface area contributed by atoms with Gasteiger partial charge in [-0.2, -0.15) is 8.42 Å². The Morgan fingerprint density at radius 1 is 1.03 bits per heavy atom. The zero-order chi connectivity index (χ0) is 23.6. The van der Waals surface area contributed by atoms with E-state index in [1.807, 2.05) is 37.3 Å². The second-order valence-corrected chi connectivity index (χ2v) is 9.47. The Bertz CT molecular complexity index is 984. The van der Waals surface area contributed by atoms with Crippen LogP contribution in [0.4, 0.5) is 0 Å². The molecule has 0 bridgehead atoms. The number of carbonyl (C=O) groups is 1. The summed E-state index contributed by atoms with van der Waals surface area (Å²) in [5, 5.41) is 0. The number of hydrogen-bond donors (Lipinski definition) is 1. The van der Waals surface area contributed by atoms with Gasteiger partial charge in [-0.15, -0.1) is 0 Å². The molecule has 1 atom stereocenters. The van der Waals surface area contributed by atoms with Gasteiger partial charge in [-0.1, -0.05) is 44.5 Å². The topological polar surface area (TPSA) is 89.9 Å². The van der Waals surface area contributed by atoms with Crippen LogP contribution in [0.2, 0.25) is 0 Å². The van der Waals surface area contributed by atoms with Crippen LogP contribution in [0, 0.1) is 0 Å². The van der Waals surface area contributed by atoms with Crippen LogP contribution in [0.25, 0.3) is 0 Å². The molecule has 1 unspecified atom stereocenters. The summed E-state index contributed by atoms with van der Waals surface area (Å²) in [7, 11) is -2.50. The lowest BCUT2D eigenvalue weighted by molar-refractivity contribution is 0.112. The van der Waals surface area contributed by atoms with Gasteiger partial charge in [0, 0.05) is 11.5 Å². The number of aryl methyl sites for hydroxylation is 2. The fraction of sp³-hybridized carbons (Fsp3) is 0.480. The molecule has 0 fully saturated rings. The molecule has 0 heterocycles. The first-order valence-corrected chi connectivity index (χ1v) is 12.7. The largest absolute Gasteiger partial charge is 0.496 e. The van der Waals surface area contributed by atoms with E-state index in [1.165, 1.54) is 0 Å². The van der Waals surface area contributed by atoms with Gasteiger partial charge in [0.15, 0.2) is 0 Å². The molecule has 1 N–H and O–H groups in total. The Kier molecular flexibility index (Phi) is 10.2. The molecule has 7 heteroatoms. The number of benzene rings is 2. The molecule has 0 radical (unpaired) electrons. The molecular weight excluding hydrogens is 428 g/mol. The number of hydrogen-bond acceptors (Lipinski definition) is 5. The van der Waals surface area contributed by atoms with Crippen molar-refractivity contribution in [2.45, 2.75) is 58.3 Å². The minimum Gasteiger partial charge on any atom is -0.496 e. The summed E-state index contributed by atoms with van der Waals surface area (Å²) in [5.41, 5.74) is 3.56. The van der Waals surface area contributed by atoms with Crippen molar-refractivity contribution in [1.29, 1.82) is 0 Å². The highest BCUT2D eigenvalue weighted by atomic mass is 32.2. The van der Waals surface area contributed by atoms with E-state index >= 15 is 0 Å². The van der Waals surface area contributed by atoms with E-state index in [9.17, 15) is 17.8 Å². The number of carbonyl (C=O) groups excluding carboxylic acids is 1. The SMILES string of the molecule is CCCCOc1cc(C=O)ccc1CCCc1ccc(C(CC)CS(=O)(=O)O)c(OC)c1. The average Bonchev–Trinajstić information content (AvgIpc) is 2.77. The fourth-order valence-corrected chi connectivity index (χ4v) is 4.65. The van der Waals surface area contributed by atoms with Gasteiger partial charge in [-0.05, 0) is 60.9 Å². The molecule has 0 aliphatic rings. The first kappa shape index (κ1) is 25.9. The third-order valence-electron chi connectivity index (χ3n) is 5.54. The first-order chi connectivity index (χ1) is 15.3. The molecule has 0 saturated carbocycles. The van der Waals surface area contributed by atoms with Crippen LogP contribution >= 0.6 is 0 Å². The van der Waals surface area contributed by atoms with Gasteiger partial charge in [0.05, 0.1) is 19.5 Å². The van der Waals surface area contributed by atoms with Crippen LogP contribution in [0.1, 0.15) is 72.5 Å². The maximum absolute atomic E-state index is 11.4. The minimum absolute atomic E-state index is 0.323. The molecule has 0 saturated heterocycles. The van der Waals surface area contributed by atoms with Crippen molar-refractivity contribution in [3.63, 3.8) is 0 Å². The first-order valence-electron chi connectivity index (χ1n) is 11.1. The summed E-state index contributed by atoms with van der Waals surface area (Å²) >= 11 is 0. The number of unbranched alkanes of at least 4 members (excludes halogenated alkanes) is 1. The van der Waals surface area contributed by atoms with E-state index < -0.39 is 10.1 Å². The van der Waals surface area contributed by atoms with E-state index in [2.05, 4.69) is 6.92 Å². The van der Waals surface area contributed by atoms with Gasteiger partial charge in [0.2, 0.25) is 0 Å². The van der Waals surface area contributed by atoms with Crippen molar-refractivity contribution in [1.82, 2.24) is 0 Å². The molecule has 0 aromatic heterocycles. The summed E-state index contributed by atoms with van der Waals surface area (Å²) in [6.07, 6.45) is 5.93. The van der Waals surface area contributed by atoms with E-state index in [0.717, 1.165) is 60.8 Å². The van der Waals surface area contributed by atoms with E-state index in [-0.39, 0.29) is 11.7 Å². The zero-order valence-corrected chi connectivity index (χ0v) is 20.0. The molecule has 6 nitrogen and oxygen atoms in total. The standard InChI is InChI=1S/C25H34O6S/c1-4-6-14-31-24-16-20(17-26)10-12-22(24)9-7-8-19-11-13-23(25(15-19)30-3)21(5-2)18-32(27,28)29/h10-13,15-17,21H,4-9,14,18H2,1-3H3,(H,27,28,29). The molecule has 2 aromatic carbocycles. The highest BCUT2D eigenvalue weighted by Crippen LogP contribution is 2.31. The van der Waals surface area contributed by atoms with Gasteiger partial charge in [0.1, 0.15) is 17.8 Å². The Morgan fingerprint density at radius 2 is 1.81 bits per heavy atom. The number of methoxy groups -OCH3 is 1. The normalized spacial score (nSPS) is 12.4. The van der Waals surface area contributed by atoms with E-state index in [4.69, 9.17) is 9.47 Å². The number of ether oxygens (including phenoxy) is 2. The van der Waals surface area contributed by atoms with Crippen molar-refractivity contribution < 1.29 is 27.2 Å². The van der Waals surface area contributed by atoms with Gasteiger partial charge in [0.25, 0.3) is 10.1 Å².